The van der Waals surface area contributed by atoms with Crippen LogP contribution >= 0.6 is 0 Å². The number of rotatable bonds is 3. The van der Waals surface area contributed by atoms with Crippen LogP contribution in [-0.2, 0) is 0 Å². The summed E-state index contributed by atoms with van der Waals surface area (Å²) >= 11 is 0. The first kappa shape index (κ1) is 19.3. The lowest BCUT2D eigenvalue weighted by Crippen LogP contribution is -2.48. The summed E-state index contributed by atoms with van der Waals surface area (Å²) in [6, 6.07) is 11.7. The standard InChI is InChI=1S/C23H23F2N3O/c1-15(2)16-3-5-17(6-4-16)23(29)28-13-11-27(12-14-28)20-9-10-26-22-19(25)8-7-18(24)21(20)22/h3-10,15H,11-14H2,1-2H3. The molecule has 4 nitrogen and oxygen atoms in total. The van der Waals surface area contributed by atoms with E-state index >= 15 is 0 Å². The lowest BCUT2D eigenvalue weighted by molar-refractivity contribution is 0.0747. The van der Waals surface area contributed by atoms with Crippen molar-refractivity contribution in [1.82, 2.24) is 9.88 Å². The average Bonchev–Trinajstić information content (AvgIpc) is 2.75. The van der Waals surface area contributed by atoms with Crippen LogP contribution in [0.15, 0.2) is 48.7 Å². The zero-order valence-electron chi connectivity index (χ0n) is 16.5. The Kier molecular flexibility index (Phi) is 5.18. The molecule has 3 aromatic rings. The highest BCUT2D eigenvalue weighted by Crippen LogP contribution is 2.30. The number of benzene rings is 2. The molecule has 1 amide bonds. The largest absolute Gasteiger partial charge is 0.367 e. The van der Waals surface area contributed by atoms with E-state index in [9.17, 15) is 13.6 Å². The van der Waals surface area contributed by atoms with E-state index < -0.39 is 11.6 Å². The molecule has 0 radical (unpaired) electrons. The van der Waals surface area contributed by atoms with Gasteiger partial charge in [0, 0.05) is 37.9 Å². The maximum absolute atomic E-state index is 14.4. The summed E-state index contributed by atoms with van der Waals surface area (Å²) in [6.07, 6.45) is 1.49. The zero-order chi connectivity index (χ0) is 20.5. The third-order valence-electron chi connectivity index (χ3n) is 5.50. The number of pyridine rings is 1. The van der Waals surface area contributed by atoms with E-state index in [1.54, 1.807) is 11.0 Å². The van der Waals surface area contributed by atoms with Gasteiger partial charge in [-0.2, -0.15) is 0 Å². The summed E-state index contributed by atoms with van der Waals surface area (Å²) in [5.74, 6) is -0.616. The third-order valence-corrected chi connectivity index (χ3v) is 5.50. The van der Waals surface area contributed by atoms with Crippen molar-refractivity contribution in [2.75, 3.05) is 31.1 Å². The average molecular weight is 395 g/mol. The van der Waals surface area contributed by atoms with Crippen LogP contribution in [0.3, 0.4) is 0 Å². The highest BCUT2D eigenvalue weighted by Gasteiger charge is 2.24. The van der Waals surface area contributed by atoms with Crippen molar-refractivity contribution in [1.29, 1.82) is 0 Å². The fraction of sp³-hybridized carbons (Fsp3) is 0.304. The molecule has 0 unspecified atom stereocenters. The number of carbonyl (C=O) groups is 1. The van der Waals surface area contributed by atoms with E-state index in [0.717, 1.165) is 12.1 Å². The predicted molar refractivity (Wildman–Crippen MR) is 110 cm³/mol. The Morgan fingerprint density at radius 2 is 1.59 bits per heavy atom. The molecule has 1 aliphatic heterocycles. The van der Waals surface area contributed by atoms with E-state index in [1.807, 2.05) is 29.2 Å². The molecule has 0 bridgehead atoms. The molecule has 0 saturated carbocycles. The van der Waals surface area contributed by atoms with Gasteiger partial charge in [-0.15, -0.1) is 0 Å². The second-order valence-corrected chi connectivity index (χ2v) is 7.64. The van der Waals surface area contributed by atoms with Gasteiger partial charge in [0.2, 0.25) is 0 Å². The Bertz CT molecular complexity index is 1040. The molecule has 0 aliphatic carbocycles. The summed E-state index contributed by atoms with van der Waals surface area (Å²) in [7, 11) is 0. The Labute approximate surface area is 168 Å². The van der Waals surface area contributed by atoms with Crippen LogP contribution < -0.4 is 4.90 Å². The topological polar surface area (TPSA) is 36.4 Å². The van der Waals surface area contributed by atoms with Gasteiger partial charge in [0.05, 0.1) is 11.1 Å². The van der Waals surface area contributed by atoms with Gasteiger partial charge in [-0.25, -0.2) is 8.78 Å². The van der Waals surface area contributed by atoms with Crippen molar-refractivity contribution < 1.29 is 13.6 Å². The van der Waals surface area contributed by atoms with Crippen LogP contribution in [0, 0.1) is 11.6 Å². The van der Waals surface area contributed by atoms with Crippen LogP contribution in [0.5, 0.6) is 0 Å². The molecule has 2 aromatic carbocycles. The second-order valence-electron chi connectivity index (χ2n) is 7.64. The van der Waals surface area contributed by atoms with Crippen LogP contribution in [-0.4, -0.2) is 42.0 Å². The first-order valence-corrected chi connectivity index (χ1v) is 9.82. The Morgan fingerprint density at radius 1 is 0.931 bits per heavy atom. The lowest BCUT2D eigenvalue weighted by Gasteiger charge is -2.36. The molecular formula is C23H23F2N3O. The van der Waals surface area contributed by atoms with Crippen LogP contribution in [0.4, 0.5) is 14.5 Å². The molecule has 150 valence electrons. The molecule has 1 fully saturated rings. The van der Waals surface area contributed by atoms with Crippen LogP contribution in [0.25, 0.3) is 10.9 Å². The highest BCUT2D eigenvalue weighted by atomic mass is 19.1. The molecule has 2 heterocycles. The number of amides is 1. The van der Waals surface area contributed by atoms with E-state index in [4.69, 9.17) is 0 Å². The van der Waals surface area contributed by atoms with Gasteiger partial charge in [0.15, 0.2) is 0 Å². The van der Waals surface area contributed by atoms with Gasteiger partial charge in [-0.05, 0) is 41.8 Å². The number of halogens is 2. The fourth-order valence-corrected chi connectivity index (χ4v) is 3.78. The molecule has 1 aromatic heterocycles. The molecule has 0 spiro atoms. The molecule has 6 heteroatoms. The summed E-state index contributed by atoms with van der Waals surface area (Å²) in [5, 5.41) is 0.191. The van der Waals surface area contributed by atoms with Crippen molar-refractivity contribution in [3.8, 4) is 0 Å². The third kappa shape index (κ3) is 3.67. The minimum Gasteiger partial charge on any atom is -0.367 e. The van der Waals surface area contributed by atoms with Crippen molar-refractivity contribution >= 4 is 22.5 Å². The van der Waals surface area contributed by atoms with Crippen LogP contribution in [0.2, 0.25) is 0 Å². The molecule has 1 saturated heterocycles. The number of anilines is 1. The van der Waals surface area contributed by atoms with E-state index in [0.29, 0.717) is 43.3 Å². The van der Waals surface area contributed by atoms with E-state index in [1.165, 1.54) is 11.8 Å². The minimum atomic E-state index is -0.540. The number of piperazine rings is 1. The normalized spacial score (nSPS) is 14.7. The SMILES string of the molecule is CC(C)c1ccc(C(=O)N2CCN(c3ccnc4c(F)ccc(F)c34)CC2)cc1. The summed E-state index contributed by atoms with van der Waals surface area (Å²) in [5.41, 5.74) is 2.52. The first-order valence-electron chi connectivity index (χ1n) is 9.82. The smallest absolute Gasteiger partial charge is 0.253 e. The number of hydrogen-bond acceptors (Lipinski definition) is 3. The summed E-state index contributed by atoms with van der Waals surface area (Å²) < 4.78 is 28.4. The molecule has 4 rings (SSSR count). The van der Waals surface area contributed by atoms with Crippen molar-refractivity contribution in [3.63, 3.8) is 0 Å². The molecule has 0 atom stereocenters. The van der Waals surface area contributed by atoms with Crippen molar-refractivity contribution in [2.45, 2.75) is 19.8 Å². The number of fused-ring (bicyclic) bond motifs is 1. The van der Waals surface area contributed by atoms with Gasteiger partial charge in [-0.1, -0.05) is 26.0 Å². The number of nitrogens with zero attached hydrogens (tertiary/aromatic N) is 3. The molecule has 0 N–H and O–H groups in total. The highest BCUT2D eigenvalue weighted by molar-refractivity contribution is 5.95. The minimum absolute atomic E-state index is 0.00299. The maximum atomic E-state index is 14.4. The van der Waals surface area contributed by atoms with Gasteiger partial charge >= 0.3 is 0 Å². The van der Waals surface area contributed by atoms with Crippen molar-refractivity contribution in [3.05, 3.63) is 71.4 Å². The van der Waals surface area contributed by atoms with E-state index in [2.05, 4.69) is 18.8 Å². The van der Waals surface area contributed by atoms with E-state index in [-0.39, 0.29) is 16.8 Å². The van der Waals surface area contributed by atoms with Crippen molar-refractivity contribution in [2.24, 2.45) is 0 Å². The van der Waals surface area contributed by atoms with Crippen LogP contribution in [0.1, 0.15) is 35.7 Å². The maximum Gasteiger partial charge on any atom is 0.253 e. The Morgan fingerprint density at radius 3 is 2.24 bits per heavy atom. The molecule has 1 aliphatic rings. The number of hydrogen-bond donors (Lipinski definition) is 0. The lowest BCUT2D eigenvalue weighted by atomic mass is 10.0. The van der Waals surface area contributed by atoms with Gasteiger partial charge < -0.3 is 9.80 Å². The predicted octanol–water partition coefficient (Wildman–Crippen LogP) is 4.60. The van der Waals surface area contributed by atoms with Gasteiger partial charge in [0.25, 0.3) is 5.91 Å². The summed E-state index contributed by atoms with van der Waals surface area (Å²) in [4.78, 5) is 20.6. The Hall–Kier alpha value is -3.02. The van der Waals surface area contributed by atoms with Gasteiger partial charge in [-0.3, -0.25) is 9.78 Å². The summed E-state index contributed by atoms with van der Waals surface area (Å²) in [6.45, 7) is 6.37. The zero-order valence-corrected chi connectivity index (χ0v) is 16.5. The number of aromatic nitrogens is 1. The quantitative estimate of drug-likeness (QED) is 0.650. The fourth-order valence-electron chi connectivity index (χ4n) is 3.78. The molecular weight excluding hydrogens is 372 g/mol. The second kappa shape index (κ2) is 7.78. The first-order chi connectivity index (χ1) is 14.0. The monoisotopic (exact) mass is 395 g/mol. The number of carbonyl (C=O) groups excluding carboxylic acids is 1. The van der Waals surface area contributed by atoms with Gasteiger partial charge in [0.1, 0.15) is 17.2 Å². The molecule has 29 heavy (non-hydrogen) atoms. The Balaban J connectivity index is 1.51.